The van der Waals surface area contributed by atoms with Gasteiger partial charge in [-0.3, -0.25) is 9.59 Å². The first kappa shape index (κ1) is 19.9. The first-order valence-corrected chi connectivity index (χ1v) is 10.1. The molecule has 0 N–H and O–H groups in total. The second kappa shape index (κ2) is 8.42. The number of hydrogen-bond acceptors (Lipinski definition) is 2. The molecule has 0 fully saturated rings. The van der Waals surface area contributed by atoms with Gasteiger partial charge in [0.15, 0.2) is 0 Å². The Kier molecular flexibility index (Phi) is 5.98. The maximum Gasteiger partial charge on any atom is 0.226 e. The summed E-state index contributed by atoms with van der Waals surface area (Å²) < 4.78 is 0. The Morgan fingerprint density at radius 3 is 1.11 bits per heavy atom. The van der Waals surface area contributed by atoms with E-state index in [0.717, 1.165) is 32.9 Å². The van der Waals surface area contributed by atoms with Crippen LogP contribution in [-0.4, -0.2) is 24.9 Å². The number of fused-ring (bicyclic) bond motifs is 2. The predicted molar refractivity (Wildman–Crippen MR) is 118 cm³/mol. The number of hydrogen-bond donors (Lipinski definition) is 0. The number of rotatable bonds is 6. The van der Waals surface area contributed by atoms with E-state index in [1.54, 1.807) is 0 Å². The van der Waals surface area contributed by atoms with Gasteiger partial charge in [-0.2, -0.15) is 0 Å². The highest BCUT2D eigenvalue weighted by Gasteiger charge is 2.24. The second-order valence-electron chi connectivity index (χ2n) is 6.77. The molecule has 0 spiro atoms. The molecule has 0 aromatic heterocycles. The maximum atomic E-state index is 12.7. The topological polar surface area (TPSA) is 40.6 Å². The van der Waals surface area contributed by atoms with Crippen LogP contribution < -0.4 is 9.80 Å². The molecule has 0 radical (unpaired) electrons. The van der Waals surface area contributed by atoms with Crippen LogP contribution in [-0.2, 0) is 9.59 Å². The fraction of sp³-hybridized carbons (Fsp3) is 0.333. The average Bonchev–Trinajstić information content (AvgIpc) is 2.75. The third kappa shape index (κ3) is 3.24. The van der Waals surface area contributed by atoms with Crippen molar-refractivity contribution in [2.45, 2.75) is 40.5 Å². The molecule has 3 rings (SSSR count). The van der Waals surface area contributed by atoms with Crippen LogP contribution in [0.4, 0.5) is 11.4 Å². The Bertz CT molecular complexity index is 887. The van der Waals surface area contributed by atoms with Crippen molar-refractivity contribution in [1.29, 1.82) is 0 Å². The van der Waals surface area contributed by atoms with Crippen molar-refractivity contribution in [3.05, 3.63) is 48.5 Å². The number of carbonyl (C=O) groups is 2. The highest BCUT2D eigenvalue weighted by atomic mass is 16.2. The Balaban J connectivity index is 2.49. The van der Waals surface area contributed by atoms with Crippen LogP contribution in [0.25, 0.3) is 21.5 Å². The summed E-state index contributed by atoms with van der Waals surface area (Å²) in [5.41, 5.74) is 1.87. The van der Waals surface area contributed by atoms with Crippen molar-refractivity contribution in [3.8, 4) is 0 Å². The predicted octanol–water partition coefficient (Wildman–Crippen LogP) is 5.52. The van der Waals surface area contributed by atoms with Gasteiger partial charge in [-0.05, 0) is 13.8 Å². The van der Waals surface area contributed by atoms with Crippen LogP contribution in [0, 0.1) is 0 Å². The molecule has 0 unspecified atom stereocenters. The van der Waals surface area contributed by atoms with Gasteiger partial charge in [-0.15, -0.1) is 0 Å². The smallest absolute Gasteiger partial charge is 0.226 e. The van der Waals surface area contributed by atoms with Crippen molar-refractivity contribution >= 4 is 44.7 Å². The van der Waals surface area contributed by atoms with Gasteiger partial charge in [0.25, 0.3) is 0 Å². The number of amides is 2. The summed E-state index contributed by atoms with van der Waals surface area (Å²) in [6, 6.07) is 16.2. The van der Waals surface area contributed by atoms with Gasteiger partial charge >= 0.3 is 0 Å². The van der Waals surface area contributed by atoms with E-state index < -0.39 is 0 Å². The Hall–Kier alpha value is -2.88. The molecular weight excluding hydrogens is 348 g/mol. The van der Waals surface area contributed by atoms with Gasteiger partial charge < -0.3 is 9.80 Å². The highest BCUT2D eigenvalue weighted by Crippen LogP contribution is 2.43. The highest BCUT2D eigenvalue weighted by molar-refractivity contribution is 6.24. The summed E-state index contributed by atoms with van der Waals surface area (Å²) >= 11 is 0. The molecule has 4 heteroatoms. The Morgan fingerprint density at radius 2 is 0.893 bits per heavy atom. The lowest BCUT2D eigenvalue weighted by molar-refractivity contribution is -0.119. The maximum absolute atomic E-state index is 12.7. The average molecular weight is 377 g/mol. The molecule has 0 saturated heterocycles. The third-order valence-corrected chi connectivity index (χ3v) is 5.25. The van der Waals surface area contributed by atoms with E-state index in [2.05, 4.69) is 24.3 Å². The van der Waals surface area contributed by atoms with E-state index in [1.165, 1.54) is 0 Å². The first-order chi connectivity index (χ1) is 13.6. The van der Waals surface area contributed by atoms with Gasteiger partial charge in [-0.25, -0.2) is 0 Å². The van der Waals surface area contributed by atoms with Crippen molar-refractivity contribution < 1.29 is 9.59 Å². The molecule has 0 aliphatic carbocycles. The first-order valence-electron chi connectivity index (χ1n) is 10.1. The van der Waals surface area contributed by atoms with E-state index in [9.17, 15) is 9.59 Å². The number of anilines is 2. The molecule has 2 amide bonds. The number of nitrogens with zero attached hydrogens (tertiary/aromatic N) is 2. The minimum atomic E-state index is 0.0996. The molecule has 3 aromatic rings. The molecule has 0 atom stereocenters. The summed E-state index contributed by atoms with van der Waals surface area (Å²) in [6.07, 6.45) is 0.904. The lowest BCUT2D eigenvalue weighted by atomic mass is 9.96. The van der Waals surface area contributed by atoms with Crippen molar-refractivity contribution in [3.63, 3.8) is 0 Å². The fourth-order valence-corrected chi connectivity index (χ4v) is 3.96. The van der Waals surface area contributed by atoms with Crippen LogP contribution in [0.15, 0.2) is 48.5 Å². The lowest BCUT2D eigenvalue weighted by Gasteiger charge is -2.29. The summed E-state index contributed by atoms with van der Waals surface area (Å²) in [5, 5.41) is 4.01. The summed E-state index contributed by atoms with van der Waals surface area (Å²) in [7, 11) is 0. The molecule has 4 nitrogen and oxygen atoms in total. The minimum absolute atomic E-state index is 0.0996. The monoisotopic (exact) mass is 376 g/mol. The van der Waals surface area contributed by atoms with Crippen molar-refractivity contribution in [1.82, 2.24) is 0 Å². The van der Waals surface area contributed by atoms with Crippen LogP contribution in [0.2, 0.25) is 0 Å². The van der Waals surface area contributed by atoms with Gasteiger partial charge in [0.1, 0.15) is 0 Å². The van der Waals surface area contributed by atoms with Crippen molar-refractivity contribution in [2.75, 3.05) is 22.9 Å². The van der Waals surface area contributed by atoms with Gasteiger partial charge in [0, 0.05) is 47.5 Å². The summed E-state index contributed by atoms with van der Waals surface area (Å²) in [5.74, 6) is 0.199. The number of benzene rings is 3. The molecule has 0 saturated carbocycles. The van der Waals surface area contributed by atoms with Gasteiger partial charge in [-0.1, -0.05) is 62.4 Å². The Labute approximate surface area is 166 Å². The van der Waals surface area contributed by atoms with Crippen LogP contribution in [0.5, 0.6) is 0 Å². The van der Waals surface area contributed by atoms with E-state index in [0.29, 0.717) is 25.9 Å². The van der Waals surface area contributed by atoms with Crippen LogP contribution in [0.3, 0.4) is 0 Å². The van der Waals surface area contributed by atoms with Gasteiger partial charge in [0.2, 0.25) is 11.8 Å². The van der Waals surface area contributed by atoms with E-state index >= 15 is 0 Å². The normalized spacial score (nSPS) is 11.0. The molecule has 0 bridgehead atoms. The van der Waals surface area contributed by atoms with E-state index in [1.807, 2.05) is 61.8 Å². The largest absolute Gasteiger partial charge is 0.311 e. The SMILES string of the molecule is CCC(=O)N(CC)c1c2ccccc2c(N(CC)C(=O)CC)c2ccccc12. The molecule has 0 aliphatic heterocycles. The zero-order valence-corrected chi connectivity index (χ0v) is 17.2. The quantitative estimate of drug-likeness (QED) is 0.420. The fourth-order valence-electron chi connectivity index (χ4n) is 3.96. The van der Waals surface area contributed by atoms with Crippen molar-refractivity contribution in [2.24, 2.45) is 0 Å². The zero-order valence-electron chi connectivity index (χ0n) is 17.2. The molecular formula is C24H28N2O2. The molecule has 3 aromatic carbocycles. The van der Waals surface area contributed by atoms with Crippen LogP contribution in [0.1, 0.15) is 40.5 Å². The molecule has 0 heterocycles. The van der Waals surface area contributed by atoms with E-state index in [4.69, 9.17) is 0 Å². The number of carbonyl (C=O) groups excluding carboxylic acids is 2. The van der Waals surface area contributed by atoms with E-state index in [-0.39, 0.29) is 11.8 Å². The third-order valence-electron chi connectivity index (χ3n) is 5.25. The molecule has 28 heavy (non-hydrogen) atoms. The second-order valence-corrected chi connectivity index (χ2v) is 6.77. The lowest BCUT2D eigenvalue weighted by Crippen LogP contribution is -2.32. The molecule has 0 aliphatic rings. The van der Waals surface area contributed by atoms with Gasteiger partial charge in [0.05, 0.1) is 11.4 Å². The standard InChI is InChI=1S/C24H28N2O2/c1-5-21(27)25(7-3)23-17-13-9-11-15-19(17)24(26(8-4)22(28)6-2)20-16-12-10-14-18(20)23/h9-16H,5-8H2,1-4H3. The summed E-state index contributed by atoms with van der Waals surface area (Å²) in [6.45, 7) is 9.00. The molecule has 146 valence electrons. The van der Waals surface area contributed by atoms with Crippen LogP contribution >= 0.6 is 0 Å². The minimum Gasteiger partial charge on any atom is -0.311 e. The summed E-state index contributed by atoms with van der Waals surface area (Å²) in [4.78, 5) is 29.2. The Morgan fingerprint density at radius 1 is 0.607 bits per heavy atom. The zero-order chi connectivity index (χ0) is 20.3.